The van der Waals surface area contributed by atoms with Crippen LogP contribution in [0.5, 0.6) is 5.75 Å². The third-order valence-electron chi connectivity index (χ3n) is 4.89. The van der Waals surface area contributed by atoms with Crippen molar-refractivity contribution in [1.29, 1.82) is 0 Å². The molecule has 0 aliphatic rings. The zero-order valence-electron chi connectivity index (χ0n) is 17.6. The third-order valence-corrected chi connectivity index (χ3v) is 5.19. The zero-order valence-corrected chi connectivity index (χ0v) is 18.4. The highest BCUT2D eigenvalue weighted by Gasteiger charge is 2.30. The molecule has 33 heavy (non-hydrogen) atoms. The van der Waals surface area contributed by atoms with Crippen LogP contribution in [0, 0.1) is 11.8 Å². The minimum absolute atomic E-state index is 0.0473. The van der Waals surface area contributed by atoms with Gasteiger partial charge in [-0.05, 0) is 55.5 Å². The number of aromatic nitrogens is 2. The average molecular weight is 472 g/mol. The van der Waals surface area contributed by atoms with Gasteiger partial charge < -0.3 is 14.5 Å². The highest BCUT2D eigenvalue weighted by atomic mass is 32.1. The third kappa shape index (κ3) is 5.61. The van der Waals surface area contributed by atoms with Crippen LogP contribution >= 0.6 is 12.2 Å². The van der Waals surface area contributed by atoms with Crippen molar-refractivity contribution in [2.75, 3.05) is 5.32 Å². The van der Waals surface area contributed by atoms with Crippen LogP contribution in [0.15, 0.2) is 77.2 Å². The SMILES string of the molecule is Cc1ccc(OCc2ccccc2-c2nn(CNc3cccc(C(F)(F)F)c3)c(=S)o2)cc1. The predicted octanol–water partition coefficient (Wildman–Crippen LogP) is 6.85. The van der Waals surface area contributed by atoms with Gasteiger partial charge in [0, 0.05) is 16.8 Å². The molecule has 0 atom stereocenters. The second kappa shape index (κ2) is 9.50. The number of hydrogen-bond acceptors (Lipinski definition) is 5. The molecule has 4 aromatic rings. The van der Waals surface area contributed by atoms with Crippen LogP contribution in [0.3, 0.4) is 0 Å². The van der Waals surface area contributed by atoms with Gasteiger partial charge in [0.15, 0.2) is 0 Å². The highest BCUT2D eigenvalue weighted by molar-refractivity contribution is 7.71. The van der Waals surface area contributed by atoms with Gasteiger partial charge in [-0.15, -0.1) is 5.10 Å². The number of alkyl halides is 3. The van der Waals surface area contributed by atoms with Gasteiger partial charge >= 0.3 is 6.18 Å². The second-order valence-corrected chi connectivity index (χ2v) is 7.69. The van der Waals surface area contributed by atoms with Crippen molar-refractivity contribution in [3.63, 3.8) is 0 Å². The number of rotatable bonds is 7. The molecule has 0 unspecified atom stereocenters. The van der Waals surface area contributed by atoms with Gasteiger partial charge in [0.05, 0.1) is 5.56 Å². The molecule has 0 radical (unpaired) electrons. The summed E-state index contributed by atoms with van der Waals surface area (Å²) in [4.78, 5) is 0.0960. The fourth-order valence-corrected chi connectivity index (χ4v) is 3.32. The van der Waals surface area contributed by atoms with Crippen LogP contribution in [-0.4, -0.2) is 9.78 Å². The van der Waals surface area contributed by atoms with E-state index in [1.807, 2.05) is 55.5 Å². The Morgan fingerprint density at radius 1 is 1.03 bits per heavy atom. The second-order valence-electron chi connectivity index (χ2n) is 7.34. The predicted molar refractivity (Wildman–Crippen MR) is 121 cm³/mol. The van der Waals surface area contributed by atoms with E-state index in [1.54, 1.807) is 0 Å². The first-order valence-corrected chi connectivity index (χ1v) is 10.5. The number of hydrogen-bond donors (Lipinski definition) is 1. The fourth-order valence-electron chi connectivity index (χ4n) is 3.14. The van der Waals surface area contributed by atoms with Crippen molar-refractivity contribution >= 4 is 17.9 Å². The molecule has 5 nitrogen and oxygen atoms in total. The number of nitrogens with one attached hydrogen (secondary N) is 1. The topological polar surface area (TPSA) is 52.2 Å². The smallest absolute Gasteiger partial charge is 0.416 e. The molecular formula is C24H20F3N3O2S. The maximum Gasteiger partial charge on any atom is 0.416 e. The Bertz CT molecular complexity index is 1300. The van der Waals surface area contributed by atoms with Gasteiger partial charge in [-0.1, -0.05) is 42.0 Å². The number of halogens is 3. The number of nitrogens with zero attached hydrogens (tertiary/aromatic N) is 2. The van der Waals surface area contributed by atoms with Gasteiger partial charge in [-0.25, -0.2) is 4.68 Å². The van der Waals surface area contributed by atoms with Crippen molar-refractivity contribution in [3.8, 4) is 17.2 Å². The summed E-state index contributed by atoms with van der Waals surface area (Å²) in [7, 11) is 0. The van der Waals surface area contributed by atoms with Crippen molar-refractivity contribution in [3.05, 3.63) is 94.3 Å². The highest BCUT2D eigenvalue weighted by Crippen LogP contribution is 2.31. The monoisotopic (exact) mass is 471 g/mol. The first kappa shape index (κ1) is 22.6. The maximum absolute atomic E-state index is 12.9. The molecule has 0 saturated heterocycles. The molecule has 170 valence electrons. The van der Waals surface area contributed by atoms with Crippen molar-refractivity contribution in [2.24, 2.45) is 0 Å². The van der Waals surface area contributed by atoms with Gasteiger partial charge in [0.25, 0.3) is 4.84 Å². The summed E-state index contributed by atoms with van der Waals surface area (Å²) in [6.45, 7) is 2.35. The molecule has 0 amide bonds. The Hall–Kier alpha value is -3.59. The van der Waals surface area contributed by atoms with Gasteiger partial charge in [0.2, 0.25) is 5.89 Å². The molecule has 3 aromatic carbocycles. The number of anilines is 1. The van der Waals surface area contributed by atoms with E-state index in [1.165, 1.54) is 16.8 Å². The van der Waals surface area contributed by atoms with E-state index in [-0.39, 0.29) is 11.5 Å². The summed E-state index contributed by atoms with van der Waals surface area (Å²) in [5.41, 5.74) is 2.27. The minimum Gasteiger partial charge on any atom is -0.489 e. The molecule has 0 aliphatic carbocycles. The van der Waals surface area contributed by atoms with Gasteiger partial charge in [0.1, 0.15) is 19.0 Å². The van der Waals surface area contributed by atoms with E-state index in [0.29, 0.717) is 23.7 Å². The Morgan fingerprint density at radius 2 is 1.79 bits per heavy atom. The normalized spacial score (nSPS) is 11.4. The lowest BCUT2D eigenvalue weighted by Gasteiger charge is -2.10. The number of aryl methyl sites for hydroxylation is 1. The van der Waals surface area contributed by atoms with Crippen LogP contribution < -0.4 is 10.1 Å². The van der Waals surface area contributed by atoms with Crippen LogP contribution in [0.1, 0.15) is 16.7 Å². The summed E-state index contributed by atoms with van der Waals surface area (Å²) < 4.78 is 51.7. The Labute approximate surface area is 193 Å². The van der Waals surface area contributed by atoms with Crippen molar-refractivity contribution in [2.45, 2.75) is 26.4 Å². The number of benzene rings is 3. The Morgan fingerprint density at radius 3 is 2.55 bits per heavy atom. The van der Waals surface area contributed by atoms with Crippen molar-refractivity contribution in [1.82, 2.24) is 9.78 Å². The quantitative estimate of drug-likeness (QED) is 0.299. The van der Waals surface area contributed by atoms with Gasteiger partial charge in [-0.3, -0.25) is 0 Å². The van der Waals surface area contributed by atoms with E-state index in [4.69, 9.17) is 21.4 Å². The zero-order chi connectivity index (χ0) is 23.4. The molecule has 4 rings (SSSR count). The Balaban J connectivity index is 1.49. The lowest BCUT2D eigenvalue weighted by molar-refractivity contribution is -0.137. The summed E-state index contributed by atoms with van der Waals surface area (Å²) >= 11 is 5.25. The maximum atomic E-state index is 12.9. The van der Waals surface area contributed by atoms with Gasteiger partial charge in [-0.2, -0.15) is 13.2 Å². The average Bonchev–Trinajstić information content (AvgIpc) is 3.17. The van der Waals surface area contributed by atoms with Crippen LogP contribution in [0.25, 0.3) is 11.5 Å². The lowest BCUT2D eigenvalue weighted by Crippen LogP contribution is -2.11. The molecule has 0 aliphatic heterocycles. The molecule has 0 fully saturated rings. The Kier molecular flexibility index (Phi) is 6.50. The summed E-state index contributed by atoms with van der Waals surface area (Å²) in [5, 5.41) is 7.29. The summed E-state index contributed by atoms with van der Waals surface area (Å²) in [5.74, 6) is 1.04. The lowest BCUT2D eigenvalue weighted by atomic mass is 10.1. The molecule has 9 heteroatoms. The number of ether oxygens (including phenoxy) is 1. The van der Waals surface area contributed by atoms with Crippen LogP contribution in [-0.2, 0) is 19.5 Å². The van der Waals surface area contributed by atoms with E-state index < -0.39 is 11.7 Å². The minimum atomic E-state index is -4.42. The van der Waals surface area contributed by atoms with E-state index >= 15 is 0 Å². The standard InChI is InChI=1S/C24H20F3N3O2S/c1-16-9-11-20(12-10-16)31-14-17-5-2-3-8-21(17)22-29-30(23(33)32-22)15-28-19-7-4-6-18(13-19)24(25,26)27/h2-13,28H,14-15H2,1H3. The van der Waals surface area contributed by atoms with Crippen LogP contribution in [0.2, 0.25) is 0 Å². The van der Waals surface area contributed by atoms with E-state index in [9.17, 15) is 13.2 Å². The van der Waals surface area contributed by atoms with E-state index in [2.05, 4.69) is 10.4 Å². The molecule has 0 spiro atoms. The first-order chi connectivity index (χ1) is 15.8. The summed E-state index contributed by atoms with van der Waals surface area (Å²) in [6.07, 6.45) is -4.42. The molecule has 1 heterocycles. The van der Waals surface area contributed by atoms with Crippen LogP contribution in [0.4, 0.5) is 18.9 Å². The molecular weight excluding hydrogens is 451 g/mol. The molecule has 0 bridgehead atoms. The summed E-state index contributed by atoms with van der Waals surface area (Å²) in [6, 6.07) is 20.2. The fraction of sp³-hybridized carbons (Fsp3) is 0.167. The molecule has 0 saturated carbocycles. The molecule has 1 aromatic heterocycles. The van der Waals surface area contributed by atoms with E-state index in [0.717, 1.165) is 29.0 Å². The largest absolute Gasteiger partial charge is 0.489 e. The van der Waals surface area contributed by atoms with Crippen molar-refractivity contribution < 1.29 is 22.3 Å². The first-order valence-electron chi connectivity index (χ1n) is 10.1. The molecule has 1 N–H and O–H groups in total.